The van der Waals surface area contributed by atoms with Crippen LogP contribution in [-0.4, -0.2) is 125 Å². The van der Waals surface area contributed by atoms with Gasteiger partial charge in [0.2, 0.25) is 0 Å². The van der Waals surface area contributed by atoms with Crippen LogP contribution in [0, 0.1) is 6.92 Å². The van der Waals surface area contributed by atoms with E-state index in [9.17, 15) is 28.8 Å². The van der Waals surface area contributed by atoms with Crippen molar-refractivity contribution in [2.24, 2.45) is 0 Å². The summed E-state index contributed by atoms with van der Waals surface area (Å²) in [6, 6.07) is 4.68. The topological polar surface area (TPSA) is 258 Å². The van der Waals surface area contributed by atoms with Gasteiger partial charge in [-0.1, -0.05) is 30.8 Å². The number of carbonyl (C=O) groups is 6. The van der Waals surface area contributed by atoms with Crippen LogP contribution in [0.5, 0.6) is 0 Å². The zero-order valence-electron chi connectivity index (χ0n) is 28.3. The molecule has 19 heteroatoms. The monoisotopic (exact) mass is 801 g/mol. The van der Waals surface area contributed by atoms with E-state index in [1.165, 1.54) is 5.56 Å². The Kier molecular flexibility index (Phi) is 28.5. The maximum absolute atomic E-state index is 11.7. The van der Waals surface area contributed by atoms with Crippen LogP contribution in [0.1, 0.15) is 51.0 Å². The molecule has 0 fully saturated rings. The van der Waals surface area contributed by atoms with E-state index in [4.69, 9.17) is 37.4 Å². The van der Waals surface area contributed by atoms with Gasteiger partial charge >= 0.3 is 23.9 Å². The predicted octanol–water partition coefficient (Wildman–Crippen LogP) is 1.92. The molecule has 0 heterocycles. The quantitative estimate of drug-likeness (QED) is 0.0231. The fourth-order valence-corrected chi connectivity index (χ4v) is 4.35. The summed E-state index contributed by atoms with van der Waals surface area (Å²) in [5, 5.41) is 49.2. The third-order valence-corrected chi connectivity index (χ3v) is 6.92. The molecule has 2 amide bonds. The summed E-state index contributed by atoms with van der Waals surface area (Å²) in [6.07, 6.45) is 1.95. The first-order valence-electron chi connectivity index (χ1n) is 15.4. The van der Waals surface area contributed by atoms with E-state index in [1.54, 1.807) is 6.92 Å². The maximum atomic E-state index is 11.7. The number of thiocarbonyl (C=S) groups is 1. The van der Waals surface area contributed by atoms with Crippen molar-refractivity contribution < 1.29 is 86.6 Å². The van der Waals surface area contributed by atoms with Crippen molar-refractivity contribution in [3.05, 3.63) is 42.1 Å². The Hall–Kier alpha value is -3.45. The largest absolute Gasteiger partial charge is 0.653 e. The molecule has 1 radical (unpaired) electrons. The number of urea groups is 1. The van der Waals surface area contributed by atoms with E-state index in [2.05, 4.69) is 45.6 Å². The molecule has 0 bridgehead atoms. The number of carboxylic acid groups (broad SMARTS) is 4. The summed E-state index contributed by atoms with van der Waals surface area (Å²) in [4.78, 5) is 67.9. The minimum absolute atomic E-state index is 0. The van der Waals surface area contributed by atoms with Crippen LogP contribution >= 0.6 is 12.2 Å². The normalized spacial score (nSPS) is 12.0. The van der Waals surface area contributed by atoms with Gasteiger partial charge in [-0.15, -0.1) is 6.54 Å². The van der Waals surface area contributed by atoms with Gasteiger partial charge in [0.15, 0.2) is 0 Å². The van der Waals surface area contributed by atoms with Crippen molar-refractivity contribution >= 4 is 59.3 Å². The summed E-state index contributed by atoms with van der Waals surface area (Å²) >= 11 is 4.81. The van der Waals surface area contributed by atoms with Crippen molar-refractivity contribution in [2.45, 2.75) is 70.0 Å². The minimum Gasteiger partial charge on any atom is -0.653 e. The van der Waals surface area contributed by atoms with Gasteiger partial charge in [-0.2, -0.15) is 6.42 Å². The molecule has 0 aliphatic heterocycles. The Morgan fingerprint density at radius 1 is 0.980 bits per heavy atom. The molecule has 1 rings (SSSR count). The molecule has 0 saturated heterocycles. The average Bonchev–Trinajstić information content (AvgIpc) is 3.04. The number of nitrogens with one attached hydrogen (secondary N) is 4. The van der Waals surface area contributed by atoms with Crippen LogP contribution in [0.15, 0.2) is 24.3 Å². The number of aliphatic carboxylic acids is 4. The molecule has 279 valence electrons. The molecule has 1 aromatic carbocycles. The molecule has 0 aliphatic rings. The molecular weight excluding hydrogens is 753 g/mol. The zero-order valence-corrected chi connectivity index (χ0v) is 32.0. The SMILES string of the molecule is CC(=S)NCCCC(NC(=O)NC(CCC(=O)O)C(=O)O)C(=O)O.[CH2-]CC(Cc1ccc(NC)cc1)N(CCC[N-]CC(=O)O)COC=O.[Y]. The van der Waals surface area contributed by atoms with E-state index in [-0.39, 0.29) is 64.9 Å². The smallest absolute Gasteiger partial charge is 0.326 e. The predicted molar refractivity (Wildman–Crippen MR) is 184 cm³/mol. The summed E-state index contributed by atoms with van der Waals surface area (Å²) in [6.45, 7) is 7.70. The standard InChI is InChI=1S/C18H27N3O4.C13H21N3O7S.Y/c1-3-17(11-15-5-7-16(19-2)8-6-15)21(13-25-14-22)10-4-9-20-12-18(23)24;1-7(24)14-6-2-3-8(11(19)20)15-13(23)16-9(12(21)22)4-5-10(17)18;/h5-8,14,17,19H,1,3-4,9-13H2,2H3,(H,23,24);8-9H,2-6H2,1H3,(H,14,24)(H,17,18)(H,19,20)(H,21,22)(H2,15,16,23);/q-2;;. The number of carboxylic acids is 4. The van der Waals surface area contributed by atoms with Crippen molar-refractivity contribution in [1.29, 1.82) is 0 Å². The molecule has 8 N–H and O–H groups in total. The van der Waals surface area contributed by atoms with E-state index in [0.29, 0.717) is 50.4 Å². The number of benzene rings is 1. The number of nitrogens with zero attached hydrogens (tertiary/aromatic N) is 2. The number of hydrogen-bond acceptors (Lipinski definition) is 10. The van der Waals surface area contributed by atoms with Gasteiger partial charge in [0, 0.05) is 58.4 Å². The van der Waals surface area contributed by atoms with Crippen molar-refractivity contribution in [3.8, 4) is 0 Å². The van der Waals surface area contributed by atoms with Gasteiger partial charge in [0.05, 0.1) is 4.99 Å². The molecule has 0 saturated carbocycles. The fourth-order valence-electron chi connectivity index (χ4n) is 4.24. The van der Waals surface area contributed by atoms with E-state index >= 15 is 0 Å². The first kappa shape index (κ1) is 48.7. The van der Waals surface area contributed by atoms with Gasteiger partial charge < -0.3 is 58.7 Å². The van der Waals surface area contributed by atoms with Gasteiger partial charge in [-0.25, -0.2) is 14.4 Å². The molecule has 3 atom stereocenters. The molecule has 3 unspecified atom stereocenters. The number of hydrogen-bond donors (Lipinski definition) is 8. The number of amides is 2. The van der Waals surface area contributed by atoms with Crippen LogP contribution in [0.3, 0.4) is 0 Å². The van der Waals surface area contributed by atoms with Crippen LogP contribution in [0.2, 0.25) is 0 Å². The summed E-state index contributed by atoms with van der Waals surface area (Å²) in [7, 11) is 1.88. The van der Waals surface area contributed by atoms with Crippen molar-refractivity contribution in [1.82, 2.24) is 20.9 Å². The van der Waals surface area contributed by atoms with Gasteiger partial charge in [0.25, 0.3) is 12.4 Å². The molecule has 1 aromatic rings. The Morgan fingerprint density at radius 2 is 1.58 bits per heavy atom. The second-order valence-corrected chi connectivity index (χ2v) is 11.2. The summed E-state index contributed by atoms with van der Waals surface area (Å²) in [5.41, 5.74) is 2.23. The Labute approximate surface area is 322 Å². The number of anilines is 1. The van der Waals surface area contributed by atoms with Gasteiger partial charge in [-0.05, 0) is 69.4 Å². The Balaban J connectivity index is 0. The Bertz CT molecular complexity index is 1200. The van der Waals surface area contributed by atoms with E-state index in [0.717, 1.165) is 12.1 Å². The molecular formula is C31H48N6O11SY-2. The number of carbonyl (C=O) groups excluding carboxylic acids is 2. The summed E-state index contributed by atoms with van der Waals surface area (Å²) < 4.78 is 4.93. The van der Waals surface area contributed by atoms with Gasteiger partial charge in [0.1, 0.15) is 18.8 Å². The maximum Gasteiger partial charge on any atom is 0.326 e. The minimum atomic E-state index is -1.42. The fraction of sp³-hybridized carbons (Fsp3) is 0.548. The van der Waals surface area contributed by atoms with Crippen LogP contribution < -0.4 is 21.3 Å². The second-order valence-electron chi connectivity index (χ2n) is 10.6. The Morgan fingerprint density at radius 3 is 2.06 bits per heavy atom. The zero-order chi connectivity index (χ0) is 37.2. The molecule has 50 heavy (non-hydrogen) atoms. The second kappa shape index (κ2) is 29.3. The number of rotatable bonds is 25. The van der Waals surface area contributed by atoms with Crippen LogP contribution in [-0.2, 0) is 67.8 Å². The summed E-state index contributed by atoms with van der Waals surface area (Å²) in [5.74, 6) is -4.80. The van der Waals surface area contributed by atoms with Crippen molar-refractivity contribution in [2.75, 3.05) is 45.3 Å². The first-order valence-corrected chi connectivity index (χ1v) is 15.8. The first-order chi connectivity index (χ1) is 23.2. The van der Waals surface area contributed by atoms with Crippen LogP contribution in [0.4, 0.5) is 10.5 Å². The molecule has 0 aliphatic carbocycles. The molecule has 17 nitrogen and oxygen atoms in total. The van der Waals surface area contributed by atoms with Gasteiger partial charge in [-0.3, -0.25) is 19.3 Å². The van der Waals surface area contributed by atoms with Crippen molar-refractivity contribution in [3.63, 3.8) is 0 Å². The average molecular weight is 802 g/mol. The molecule has 0 aromatic heterocycles. The van der Waals surface area contributed by atoms with E-state index < -0.39 is 48.4 Å². The van der Waals surface area contributed by atoms with E-state index in [1.807, 2.05) is 24.1 Å². The third kappa shape index (κ3) is 24.7. The number of ether oxygens (including phenoxy) is 1. The third-order valence-electron chi connectivity index (χ3n) is 6.78. The van der Waals surface area contributed by atoms with Crippen LogP contribution in [0.25, 0.3) is 5.32 Å². The molecule has 0 spiro atoms.